The number of benzene rings is 1. The van der Waals surface area contributed by atoms with Gasteiger partial charge in [0.1, 0.15) is 5.82 Å². The average Bonchev–Trinajstić information content (AvgIpc) is 2.20. The zero-order chi connectivity index (χ0) is 11.6. The molecular weight excluding hydrogens is 314 g/mol. The minimum atomic E-state index is -0.626. The maximum Gasteiger partial charge on any atom is 0.352 e. The van der Waals surface area contributed by atoms with Gasteiger partial charge in [0.05, 0.1) is 9.26 Å². The summed E-state index contributed by atoms with van der Waals surface area (Å²) in [6.07, 6.45) is 0. The lowest BCUT2D eigenvalue weighted by atomic mass is 10.3. The first-order chi connectivity index (χ1) is 6.95. The van der Waals surface area contributed by atoms with Crippen LogP contribution in [0.2, 0.25) is 0 Å². The van der Waals surface area contributed by atoms with E-state index in [1.165, 1.54) is 25.2 Å². The summed E-state index contributed by atoms with van der Waals surface area (Å²) in [4.78, 5) is 11.4. The van der Waals surface area contributed by atoms with Crippen molar-refractivity contribution in [3.8, 4) is 0 Å². The second-order valence-corrected chi connectivity index (χ2v) is 3.92. The van der Waals surface area contributed by atoms with Crippen LogP contribution in [0.4, 0.5) is 14.9 Å². The lowest BCUT2D eigenvalue weighted by Crippen LogP contribution is -2.48. The molecule has 15 heavy (non-hydrogen) atoms. The van der Waals surface area contributed by atoms with Gasteiger partial charge in [0.2, 0.25) is 0 Å². The molecule has 0 aliphatic carbocycles. The molecule has 1 aromatic rings. The number of carbonyl (C=O) groups excluding carboxylic acids is 1. The molecule has 0 spiro atoms. The predicted octanol–water partition coefficient (Wildman–Crippen LogP) is 1.04. The molecule has 0 saturated carbocycles. The topological polar surface area (TPSA) is 75.6 Å². The molecule has 0 fully saturated rings. The zero-order valence-corrected chi connectivity index (χ0v) is 10.1. The van der Waals surface area contributed by atoms with Gasteiger partial charge in [-0.2, -0.15) is 0 Å². The molecule has 0 heterocycles. The smallest absolute Gasteiger partial charge is 0.264 e. The molecule has 4 N–H and O–H groups in total. The fourth-order valence-corrected chi connectivity index (χ4v) is 1.57. The Balaban J connectivity index is 3.06. The van der Waals surface area contributed by atoms with Crippen LogP contribution in [0, 0.1) is 9.39 Å². The molecule has 0 aliphatic heterocycles. The van der Waals surface area contributed by atoms with E-state index in [-0.39, 0.29) is 9.26 Å². The Morgan fingerprint density at radius 3 is 2.60 bits per heavy atom. The van der Waals surface area contributed by atoms with Gasteiger partial charge in [0.25, 0.3) is 0 Å². The van der Waals surface area contributed by atoms with Gasteiger partial charge in [-0.05, 0) is 34.7 Å². The number of amides is 2. The third-order valence-electron chi connectivity index (χ3n) is 1.70. The van der Waals surface area contributed by atoms with Crippen LogP contribution >= 0.6 is 22.6 Å². The molecule has 0 saturated heterocycles. The Kier molecular flexibility index (Phi) is 3.83. The molecule has 0 aromatic heterocycles. The molecule has 0 aliphatic rings. The zero-order valence-electron chi connectivity index (χ0n) is 7.95. The van der Waals surface area contributed by atoms with Gasteiger partial charge in [-0.3, -0.25) is 5.01 Å². The molecule has 0 radical (unpaired) electrons. The van der Waals surface area contributed by atoms with Crippen molar-refractivity contribution in [2.45, 2.75) is 0 Å². The van der Waals surface area contributed by atoms with Gasteiger partial charge >= 0.3 is 6.03 Å². The van der Waals surface area contributed by atoms with Crippen LogP contribution in [0.25, 0.3) is 0 Å². The highest BCUT2D eigenvalue weighted by Gasteiger charge is 2.18. The van der Waals surface area contributed by atoms with Crippen molar-refractivity contribution < 1.29 is 9.18 Å². The summed E-state index contributed by atoms with van der Waals surface area (Å²) in [7, 11) is 1.36. The van der Waals surface area contributed by atoms with Crippen molar-refractivity contribution in [2.75, 3.05) is 12.1 Å². The van der Waals surface area contributed by atoms with E-state index in [0.29, 0.717) is 0 Å². The summed E-state index contributed by atoms with van der Waals surface area (Å²) >= 11 is 1.77. The molecule has 5 nitrogen and oxygen atoms in total. The maximum atomic E-state index is 13.2. The minimum absolute atomic E-state index is 0.271. The summed E-state index contributed by atoms with van der Waals surface area (Å²) in [6, 6.07) is 3.66. The van der Waals surface area contributed by atoms with Gasteiger partial charge in [0.15, 0.2) is 0 Å². The quantitative estimate of drug-likeness (QED) is 0.351. The van der Waals surface area contributed by atoms with Gasteiger partial charge in [-0.1, -0.05) is 6.07 Å². The number of rotatable bonds is 1. The molecule has 2 amide bonds. The Morgan fingerprint density at radius 2 is 2.07 bits per heavy atom. The van der Waals surface area contributed by atoms with E-state index in [4.69, 9.17) is 11.7 Å². The Hall–Kier alpha value is -0.930. The highest BCUT2D eigenvalue weighted by atomic mass is 127. The van der Waals surface area contributed by atoms with Crippen LogP contribution in [0.15, 0.2) is 18.2 Å². The van der Waals surface area contributed by atoms with Gasteiger partial charge in [0, 0.05) is 7.05 Å². The monoisotopic (exact) mass is 324 g/mol. The number of carbonyl (C=O) groups is 1. The Morgan fingerprint density at radius 1 is 1.47 bits per heavy atom. The largest absolute Gasteiger partial charge is 0.352 e. The van der Waals surface area contributed by atoms with Crippen LogP contribution in [0.1, 0.15) is 0 Å². The lowest BCUT2D eigenvalue weighted by molar-refractivity contribution is 0.216. The van der Waals surface area contributed by atoms with E-state index in [1.54, 1.807) is 22.6 Å². The number of halogens is 2. The summed E-state index contributed by atoms with van der Waals surface area (Å²) in [5.74, 6) is 10.3. The number of hydrogen-bond acceptors (Lipinski definition) is 3. The number of hydrazine groups is 2. The van der Waals surface area contributed by atoms with Crippen molar-refractivity contribution in [2.24, 2.45) is 11.7 Å². The molecule has 1 aromatic carbocycles. The van der Waals surface area contributed by atoms with Crippen molar-refractivity contribution in [3.63, 3.8) is 0 Å². The SMILES string of the molecule is CN(N)C(=O)N(N)c1cccc(F)c1I. The van der Waals surface area contributed by atoms with Gasteiger partial charge in [-0.15, -0.1) is 0 Å². The van der Waals surface area contributed by atoms with Crippen LogP contribution in [-0.2, 0) is 0 Å². The van der Waals surface area contributed by atoms with Crippen LogP contribution < -0.4 is 16.7 Å². The van der Waals surface area contributed by atoms with E-state index in [0.717, 1.165) is 10.0 Å². The van der Waals surface area contributed by atoms with Gasteiger partial charge in [-0.25, -0.2) is 25.9 Å². The fraction of sp³-hybridized carbons (Fsp3) is 0.125. The van der Waals surface area contributed by atoms with Crippen molar-refractivity contribution in [1.82, 2.24) is 5.01 Å². The third kappa shape index (κ3) is 2.55. The summed E-state index contributed by atoms with van der Waals surface area (Å²) in [6.45, 7) is 0. The van der Waals surface area contributed by atoms with E-state index in [1.807, 2.05) is 0 Å². The van der Waals surface area contributed by atoms with Crippen molar-refractivity contribution in [1.29, 1.82) is 0 Å². The average molecular weight is 324 g/mol. The first-order valence-electron chi connectivity index (χ1n) is 3.96. The number of urea groups is 1. The molecule has 0 unspecified atom stereocenters. The van der Waals surface area contributed by atoms with Gasteiger partial charge < -0.3 is 0 Å². The highest BCUT2D eigenvalue weighted by molar-refractivity contribution is 14.1. The predicted molar refractivity (Wildman–Crippen MR) is 63.1 cm³/mol. The first kappa shape index (κ1) is 12.1. The molecule has 82 valence electrons. The molecule has 7 heteroatoms. The molecule has 0 atom stereocenters. The van der Waals surface area contributed by atoms with E-state index >= 15 is 0 Å². The standard InChI is InChI=1S/C8H10FIN4O/c1-13(11)8(15)14(12)6-4-2-3-5(9)7(6)10/h2-4H,11-12H2,1H3. The molecule has 0 bridgehead atoms. The van der Waals surface area contributed by atoms with Crippen molar-refractivity contribution >= 4 is 34.3 Å². The molecule has 1 rings (SSSR count). The summed E-state index contributed by atoms with van der Waals surface area (Å²) in [5.41, 5.74) is 0.276. The van der Waals surface area contributed by atoms with Crippen LogP contribution in [-0.4, -0.2) is 18.1 Å². The summed E-state index contributed by atoms with van der Waals surface area (Å²) in [5, 5.41) is 1.62. The van der Waals surface area contributed by atoms with E-state index in [9.17, 15) is 9.18 Å². The first-order valence-corrected chi connectivity index (χ1v) is 5.04. The lowest BCUT2D eigenvalue weighted by Gasteiger charge is -2.21. The van der Waals surface area contributed by atoms with Crippen LogP contribution in [0.3, 0.4) is 0 Å². The maximum absolute atomic E-state index is 13.2. The minimum Gasteiger partial charge on any atom is -0.264 e. The summed E-state index contributed by atoms with van der Waals surface area (Å²) < 4.78 is 13.4. The number of nitrogens with two attached hydrogens (primary N) is 2. The van der Waals surface area contributed by atoms with Crippen molar-refractivity contribution in [3.05, 3.63) is 27.6 Å². The van der Waals surface area contributed by atoms with E-state index in [2.05, 4.69) is 0 Å². The number of anilines is 1. The Labute approximate surface area is 99.9 Å². The molecular formula is C8H10FIN4O. The third-order valence-corrected chi connectivity index (χ3v) is 2.77. The number of hydrogen-bond donors (Lipinski definition) is 2. The van der Waals surface area contributed by atoms with Crippen LogP contribution in [0.5, 0.6) is 0 Å². The highest BCUT2D eigenvalue weighted by Crippen LogP contribution is 2.23. The second-order valence-electron chi connectivity index (χ2n) is 2.84. The number of nitrogens with zero attached hydrogens (tertiary/aromatic N) is 2. The normalized spacial score (nSPS) is 9.93. The van der Waals surface area contributed by atoms with E-state index < -0.39 is 11.8 Å². The fourth-order valence-electron chi connectivity index (χ4n) is 0.951. The second kappa shape index (κ2) is 4.73. The Bertz CT molecular complexity index is 385.